The van der Waals surface area contributed by atoms with Crippen LogP contribution in [0.25, 0.3) is 16.8 Å². The number of benzene rings is 1. The first-order valence-electron chi connectivity index (χ1n) is 5.91. The van der Waals surface area contributed by atoms with E-state index in [0.29, 0.717) is 5.69 Å². The summed E-state index contributed by atoms with van der Waals surface area (Å²) in [7, 11) is 0. The van der Waals surface area contributed by atoms with Crippen molar-refractivity contribution in [3.05, 3.63) is 65.3 Å². The zero-order valence-corrected chi connectivity index (χ0v) is 11.9. The summed E-state index contributed by atoms with van der Waals surface area (Å²) in [6.45, 7) is 0. The van der Waals surface area contributed by atoms with Gasteiger partial charge in [0.1, 0.15) is 12.0 Å². The normalized spacial score (nSPS) is 10.7. The van der Waals surface area contributed by atoms with Crippen molar-refractivity contribution in [1.82, 2.24) is 4.57 Å². The van der Waals surface area contributed by atoms with Crippen LogP contribution in [0.5, 0.6) is 0 Å². The minimum atomic E-state index is -1.09. The Balaban J connectivity index is 2.21. The highest BCUT2D eigenvalue weighted by atomic mass is 79.9. The molecule has 0 amide bonds. The lowest BCUT2D eigenvalue weighted by Gasteiger charge is -2.06. The van der Waals surface area contributed by atoms with Gasteiger partial charge in [-0.05, 0) is 29.8 Å². The molecule has 4 nitrogen and oxygen atoms in total. The van der Waals surface area contributed by atoms with Crippen LogP contribution in [0.15, 0.2) is 63.9 Å². The number of carboxylic acids is 1. The lowest BCUT2D eigenvalue weighted by molar-refractivity contribution is 0.0662. The molecule has 0 saturated carbocycles. The van der Waals surface area contributed by atoms with Crippen LogP contribution in [-0.4, -0.2) is 15.6 Å². The van der Waals surface area contributed by atoms with Crippen LogP contribution in [0.1, 0.15) is 10.6 Å². The van der Waals surface area contributed by atoms with E-state index in [1.54, 1.807) is 17.0 Å². The molecule has 5 heteroatoms. The highest BCUT2D eigenvalue weighted by Gasteiger charge is 2.21. The molecule has 100 valence electrons. The van der Waals surface area contributed by atoms with Gasteiger partial charge in [-0.15, -0.1) is 0 Å². The van der Waals surface area contributed by atoms with Crippen LogP contribution in [0.3, 0.4) is 0 Å². The molecule has 0 spiro atoms. The van der Waals surface area contributed by atoms with Crippen LogP contribution >= 0.6 is 15.9 Å². The van der Waals surface area contributed by atoms with Gasteiger partial charge in [0.25, 0.3) is 0 Å². The largest absolute Gasteiger partial charge is 0.475 e. The number of nitrogens with zero attached hydrogens (tertiary/aromatic N) is 1. The molecule has 0 aliphatic carbocycles. The molecule has 3 aromatic rings. The van der Waals surface area contributed by atoms with E-state index in [-0.39, 0.29) is 5.76 Å². The molecule has 0 unspecified atom stereocenters. The monoisotopic (exact) mass is 331 g/mol. The van der Waals surface area contributed by atoms with E-state index < -0.39 is 5.97 Å². The zero-order valence-electron chi connectivity index (χ0n) is 10.3. The number of carbonyl (C=O) groups is 1. The summed E-state index contributed by atoms with van der Waals surface area (Å²) in [6.07, 6.45) is 5.06. The van der Waals surface area contributed by atoms with Gasteiger partial charge in [0.05, 0.1) is 0 Å². The first-order valence-corrected chi connectivity index (χ1v) is 6.70. The Hall–Kier alpha value is -2.27. The molecule has 0 aliphatic rings. The predicted octanol–water partition coefficient (Wildman–Crippen LogP) is 4.20. The van der Waals surface area contributed by atoms with Crippen molar-refractivity contribution in [3.8, 4) is 16.8 Å². The summed E-state index contributed by atoms with van der Waals surface area (Å²) in [4.78, 5) is 11.3. The minimum Gasteiger partial charge on any atom is -0.475 e. The summed E-state index contributed by atoms with van der Waals surface area (Å²) in [5, 5.41) is 9.25. The van der Waals surface area contributed by atoms with E-state index in [4.69, 9.17) is 4.42 Å². The quantitative estimate of drug-likeness (QED) is 0.782. The molecule has 0 radical (unpaired) electrons. The van der Waals surface area contributed by atoms with Crippen molar-refractivity contribution in [2.45, 2.75) is 0 Å². The molecule has 0 aliphatic heterocycles. The smallest absolute Gasteiger partial charge is 0.374 e. The maximum Gasteiger partial charge on any atom is 0.374 e. The summed E-state index contributed by atoms with van der Waals surface area (Å²) in [6, 6.07) is 11.3. The Morgan fingerprint density at radius 3 is 2.40 bits per heavy atom. The predicted molar refractivity (Wildman–Crippen MR) is 78.1 cm³/mol. The maximum atomic E-state index is 11.3. The van der Waals surface area contributed by atoms with E-state index in [1.165, 1.54) is 6.26 Å². The van der Waals surface area contributed by atoms with Gasteiger partial charge in [-0.1, -0.05) is 28.1 Å². The minimum absolute atomic E-state index is 0.0703. The summed E-state index contributed by atoms with van der Waals surface area (Å²) >= 11 is 3.38. The Kier molecular flexibility index (Phi) is 3.20. The fourth-order valence-corrected chi connectivity index (χ4v) is 2.34. The highest BCUT2D eigenvalue weighted by molar-refractivity contribution is 9.10. The Labute approximate surface area is 123 Å². The van der Waals surface area contributed by atoms with Crippen molar-refractivity contribution < 1.29 is 14.3 Å². The molecule has 2 heterocycles. The van der Waals surface area contributed by atoms with E-state index in [1.807, 2.05) is 36.4 Å². The second-order valence-corrected chi connectivity index (χ2v) is 5.15. The molecular formula is C15H10BrNO3. The van der Waals surface area contributed by atoms with Crippen LogP contribution < -0.4 is 0 Å². The number of carboxylic acid groups (broad SMARTS) is 1. The lowest BCUT2D eigenvalue weighted by atomic mass is 10.1. The van der Waals surface area contributed by atoms with Crippen LogP contribution in [0.2, 0.25) is 0 Å². The lowest BCUT2D eigenvalue weighted by Crippen LogP contribution is -2.01. The molecule has 3 rings (SSSR count). The topological polar surface area (TPSA) is 55.4 Å². The Morgan fingerprint density at radius 2 is 1.80 bits per heavy atom. The van der Waals surface area contributed by atoms with Gasteiger partial charge >= 0.3 is 5.97 Å². The third-order valence-corrected chi connectivity index (χ3v) is 3.51. The fraction of sp³-hybridized carbons (Fsp3) is 0. The van der Waals surface area contributed by atoms with Crippen molar-refractivity contribution >= 4 is 21.9 Å². The first kappa shape index (κ1) is 12.7. The molecule has 1 aromatic carbocycles. The number of aromatic nitrogens is 1. The molecule has 2 aromatic heterocycles. The Bertz CT molecular complexity index is 742. The molecular weight excluding hydrogens is 322 g/mol. The molecule has 0 fully saturated rings. The van der Waals surface area contributed by atoms with Crippen molar-refractivity contribution in [3.63, 3.8) is 0 Å². The second kappa shape index (κ2) is 5.02. The third kappa shape index (κ3) is 2.16. The molecule has 0 saturated heterocycles. The maximum absolute atomic E-state index is 11.3. The standard InChI is InChI=1S/C15H10BrNO3/c16-11-5-3-10(4-6-11)12-9-20-14(15(18)19)13(12)17-7-1-2-8-17/h1-9H,(H,18,19). The highest BCUT2D eigenvalue weighted by Crippen LogP contribution is 2.32. The van der Waals surface area contributed by atoms with E-state index in [9.17, 15) is 9.90 Å². The number of halogens is 1. The van der Waals surface area contributed by atoms with Gasteiger partial charge in [0.2, 0.25) is 5.76 Å². The van der Waals surface area contributed by atoms with Gasteiger partial charge in [-0.25, -0.2) is 4.79 Å². The number of hydrogen-bond acceptors (Lipinski definition) is 2. The average molecular weight is 332 g/mol. The van der Waals surface area contributed by atoms with Gasteiger partial charge in [-0.3, -0.25) is 0 Å². The molecule has 1 N–H and O–H groups in total. The van der Waals surface area contributed by atoms with Crippen LogP contribution in [0, 0.1) is 0 Å². The number of aromatic carboxylic acids is 1. The molecule has 0 atom stereocenters. The van der Waals surface area contributed by atoms with Crippen molar-refractivity contribution in [2.75, 3.05) is 0 Å². The number of rotatable bonds is 3. The summed E-state index contributed by atoms with van der Waals surface area (Å²) in [5.41, 5.74) is 2.17. The fourth-order valence-electron chi connectivity index (χ4n) is 2.08. The van der Waals surface area contributed by atoms with Gasteiger partial charge < -0.3 is 14.1 Å². The van der Waals surface area contributed by atoms with E-state index >= 15 is 0 Å². The van der Waals surface area contributed by atoms with E-state index in [2.05, 4.69) is 15.9 Å². The molecule has 0 bridgehead atoms. The van der Waals surface area contributed by atoms with Crippen LogP contribution in [-0.2, 0) is 0 Å². The number of hydrogen-bond donors (Lipinski definition) is 1. The van der Waals surface area contributed by atoms with Crippen molar-refractivity contribution in [2.24, 2.45) is 0 Å². The summed E-state index contributed by atoms with van der Waals surface area (Å²) < 4.78 is 7.94. The summed E-state index contributed by atoms with van der Waals surface area (Å²) in [5.74, 6) is -1.16. The van der Waals surface area contributed by atoms with Crippen molar-refractivity contribution in [1.29, 1.82) is 0 Å². The first-order chi connectivity index (χ1) is 9.66. The second-order valence-electron chi connectivity index (χ2n) is 4.23. The Morgan fingerprint density at radius 1 is 1.15 bits per heavy atom. The third-order valence-electron chi connectivity index (χ3n) is 2.98. The zero-order chi connectivity index (χ0) is 14.1. The van der Waals surface area contributed by atoms with E-state index in [0.717, 1.165) is 15.6 Å². The van der Waals surface area contributed by atoms with Crippen LogP contribution in [0.4, 0.5) is 0 Å². The SMILES string of the molecule is O=C(O)c1occ(-c2ccc(Br)cc2)c1-n1cccc1. The van der Waals surface area contributed by atoms with Gasteiger partial charge in [-0.2, -0.15) is 0 Å². The van der Waals surface area contributed by atoms with Gasteiger partial charge in [0.15, 0.2) is 0 Å². The average Bonchev–Trinajstić information content (AvgIpc) is 3.08. The number of furan rings is 1. The molecule has 20 heavy (non-hydrogen) atoms. The van der Waals surface area contributed by atoms with Gasteiger partial charge in [0, 0.05) is 22.4 Å².